The second-order valence-corrected chi connectivity index (χ2v) is 7.64. The van der Waals surface area contributed by atoms with E-state index in [1.807, 2.05) is 20.2 Å². The Balaban J connectivity index is 1.52. The first kappa shape index (κ1) is 17.3. The Bertz CT molecular complexity index is 1090. The number of benzene rings is 3. The van der Waals surface area contributed by atoms with E-state index in [9.17, 15) is 5.11 Å². The number of rotatable bonds is 4. The van der Waals surface area contributed by atoms with Crippen LogP contribution in [0, 0.1) is 0 Å². The summed E-state index contributed by atoms with van der Waals surface area (Å²) in [6.45, 7) is 0. The zero-order valence-corrected chi connectivity index (χ0v) is 16.1. The molecule has 0 saturated carbocycles. The summed E-state index contributed by atoms with van der Waals surface area (Å²) >= 11 is 1.59. The molecule has 1 aromatic heterocycles. The van der Waals surface area contributed by atoms with Crippen molar-refractivity contribution in [2.45, 2.75) is 0 Å². The fraction of sp³-hybridized carbons (Fsp3) is 0.0870. The van der Waals surface area contributed by atoms with Crippen molar-refractivity contribution < 1.29 is 5.11 Å². The molecular weight excluding hydrogens is 352 g/mol. The fourth-order valence-corrected chi connectivity index (χ4v) is 3.85. The minimum atomic E-state index is 0.275. The van der Waals surface area contributed by atoms with Crippen LogP contribution in [-0.4, -0.2) is 24.2 Å². The predicted octanol–water partition coefficient (Wildman–Crippen LogP) is 5.91. The van der Waals surface area contributed by atoms with E-state index in [-0.39, 0.29) is 5.75 Å². The highest BCUT2D eigenvalue weighted by Gasteiger charge is 2.06. The number of anilines is 1. The molecule has 4 rings (SSSR count). The van der Waals surface area contributed by atoms with Crippen LogP contribution >= 0.6 is 11.3 Å². The third-order valence-corrected chi connectivity index (χ3v) is 5.47. The maximum atomic E-state index is 9.61. The third-order valence-electron chi connectivity index (χ3n) is 4.41. The molecule has 3 nitrogen and oxygen atoms in total. The van der Waals surface area contributed by atoms with Gasteiger partial charge in [-0.3, -0.25) is 0 Å². The van der Waals surface area contributed by atoms with E-state index in [0.717, 1.165) is 26.4 Å². The molecule has 0 atom stereocenters. The summed E-state index contributed by atoms with van der Waals surface area (Å²) in [4.78, 5) is 6.75. The lowest BCUT2D eigenvalue weighted by Crippen LogP contribution is -2.07. The largest absolute Gasteiger partial charge is 0.508 e. The Morgan fingerprint density at radius 3 is 2.11 bits per heavy atom. The lowest BCUT2D eigenvalue weighted by atomic mass is 10.1. The molecule has 0 aliphatic heterocycles. The summed E-state index contributed by atoms with van der Waals surface area (Å²) in [7, 11) is 4.08. The highest BCUT2D eigenvalue weighted by Crippen LogP contribution is 2.32. The van der Waals surface area contributed by atoms with Gasteiger partial charge in [-0.15, -0.1) is 11.3 Å². The van der Waals surface area contributed by atoms with Crippen LogP contribution in [0.2, 0.25) is 0 Å². The van der Waals surface area contributed by atoms with Crippen molar-refractivity contribution in [1.82, 2.24) is 4.98 Å². The molecular formula is C23H20N2OS. The maximum absolute atomic E-state index is 9.61. The fourth-order valence-electron chi connectivity index (χ4n) is 2.85. The van der Waals surface area contributed by atoms with Gasteiger partial charge < -0.3 is 10.0 Å². The molecule has 1 heterocycles. The second-order valence-electron chi connectivity index (χ2n) is 6.61. The summed E-state index contributed by atoms with van der Waals surface area (Å²) < 4.78 is 0.996. The van der Waals surface area contributed by atoms with Gasteiger partial charge in [-0.05, 0) is 41.5 Å². The number of fused-ring (bicyclic) bond motifs is 1. The topological polar surface area (TPSA) is 36.4 Å². The normalized spacial score (nSPS) is 11.3. The van der Waals surface area contributed by atoms with Crippen molar-refractivity contribution in [1.29, 1.82) is 0 Å². The number of aromatic hydroxyl groups is 1. The van der Waals surface area contributed by atoms with Crippen LogP contribution in [-0.2, 0) is 0 Å². The smallest absolute Gasteiger partial charge is 0.124 e. The summed E-state index contributed by atoms with van der Waals surface area (Å²) in [5.74, 6) is 0.275. The molecule has 0 bridgehead atoms. The average Bonchev–Trinajstić information content (AvgIpc) is 3.10. The molecule has 0 amide bonds. The number of hydrogen-bond acceptors (Lipinski definition) is 4. The number of aromatic nitrogens is 1. The van der Waals surface area contributed by atoms with Crippen molar-refractivity contribution in [3.63, 3.8) is 0 Å². The summed E-state index contributed by atoms with van der Waals surface area (Å²) in [6, 6.07) is 22.1. The Morgan fingerprint density at radius 1 is 0.852 bits per heavy atom. The van der Waals surface area contributed by atoms with E-state index in [0.29, 0.717) is 0 Å². The van der Waals surface area contributed by atoms with Crippen LogP contribution in [0.5, 0.6) is 5.75 Å². The zero-order valence-electron chi connectivity index (χ0n) is 15.3. The van der Waals surface area contributed by atoms with Crippen LogP contribution in [0.4, 0.5) is 5.69 Å². The highest BCUT2D eigenvalue weighted by atomic mass is 32.1. The van der Waals surface area contributed by atoms with Crippen LogP contribution in [0.15, 0.2) is 66.7 Å². The molecule has 0 fully saturated rings. The van der Waals surface area contributed by atoms with Crippen molar-refractivity contribution in [2.24, 2.45) is 0 Å². The number of phenolic OH excluding ortho intramolecular Hbond substituents is 1. The quantitative estimate of drug-likeness (QED) is 0.453. The first-order chi connectivity index (χ1) is 13.1. The number of hydrogen-bond donors (Lipinski definition) is 1. The van der Waals surface area contributed by atoms with E-state index >= 15 is 0 Å². The minimum Gasteiger partial charge on any atom is -0.508 e. The number of thiazole rings is 1. The molecule has 0 aliphatic carbocycles. The lowest BCUT2D eigenvalue weighted by Gasteiger charge is -2.11. The van der Waals surface area contributed by atoms with Gasteiger partial charge in [0.25, 0.3) is 0 Å². The number of phenols is 1. The average molecular weight is 372 g/mol. The summed E-state index contributed by atoms with van der Waals surface area (Å²) in [5.41, 5.74) is 5.52. The van der Waals surface area contributed by atoms with Gasteiger partial charge in [0, 0.05) is 25.3 Å². The Morgan fingerprint density at radius 2 is 1.48 bits per heavy atom. The van der Waals surface area contributed by atoms with Gasteiger partial charge in [0.05, 0.1) is 10.2 Å². The van der Waals surface area contributed by atoms with Crippen molar-refractivity contribution in [3.05, 3.63) is 77.9 Å². The van der Waals surface area contributed by atoms with Crippen molar-refractivity contribution in [3.8, 4) is 16.3 Å². The molecule has 27 heavy (non-hydrogen) atoms. The lowest BCUT2D eigenvalue weighted by molar-refractivity contribution is 0.476. The maximum Gasteiger partial charge on any atom is 0.124 e. The van der Waals surface area contributed by atoms with Gasteiger partial charge in [0.2, 0.25) is 0 Å². The van der Waals surface area contributed by atoms with Gasteiger partial charge in [-0.1, -0.05) is 48.6 Å². The molecule has 0 spiro atoms. The molecule has 0 radical (unpaired) electrons. The summed E-state index contributed by atoms with van der Waals surface area (Å²) in [6.07, 6.45) is 4.24. The highest BCUT2D eigenvalue weighted by molar-refractivity contribution is 7.21. The van der Waals surface area contributed by atoms with Crippen LogP contribution in [0.3, 0.4) is 0 Å². The molecule has 1 N–H and O–H groups in total. The van der Waals surface area contributed by atoms with Crippen molar-refractivity contribution in [2.75, 3.05) is 19.0 Å². The molecule has 4 heteroatoms. The number of nitrogens with zero attached hydrogens (tertiary/aromatic N) is 2. The molecule has 134 valence electrons. The Labute approximate surface area is 162 Å². The summed E-state index contributed by atoms with van der Waals surface area (Å²) in [5, 5.41) is 10.6. The van der Waals surface area contributed by atoms with E-state index < -0.39 is 0 Å². The van der Waals surface area contributed by atoms with E-state index in [4.69, 9.17) is 0 Å². The van der Waals surface area contributed by atoms with Gasteiger partial charge >= 0.3 is 0 Å². The first-order valence-corrected chi connectivity index (χ1v) is 9.56. The predicted molar refractivity (Wildman–Crippen MR) is 116 cm³/mol. The zero-order chi connectivity index (χ0) is 18.8. The van der Waals surface area contributed by atoms with Crippen LogP contribution in [0.25, 0.3) is 32.9 Å². The minimum absolute atomic E-state index is 0.275. The van der Waals surface area contributed by atoms with Crippen LogP contribution in [0.1, 0.15) is 11.1 Å². The molecule has 0 unspecified atom stereocenters. The Kier molecular flexibility index (Phi) is 4.65. The third kappa shape index (κ3) is 3.86. The van der Waals surface area contributed by atoms with Gasteiger partial charge in [0.15, 0.2) is 0 Å². The molecule has 3 aromatic carbocycles. The van der Waals surface area contributed by atoms with E-state index in [1.165, 1.54) is 11.3 Å². The SMILES string of the molecule is CN(C)c1ccc(/C=C/c2ccc(-c3nc4ccc(O)cc4s3)cc2)cc1. The molecule has 4 aromatic rings. The van der Waals surface area contributed by atoms with Crippen molar-refractivity contribution >= 4 is 39.4 Å². The van der Waals surface area contributed by atoms with E-state index in [1.54, 1.807) is 23.5 Å². The second kappa shape index (κ2) is 7.25. The van der Waals surface area contributed by atoms with Crippen LogP contribution < -0.4 is 4.90 Å². The first-order valence-electron chi connectivity index (χ1n) is 8.74. The van der Waals surface area contributed by atoms with Gasteiger partial charge in [-0.2, -0.15) is 0 Å². The van der Waals surface area contributed by atoms with Gasteiger partial charge in [-0.25, -0.2) is 4.98 Å². The molecule has 0 saturated heterocycles. The van der Waals surface area contributed by atoms with Gasteiger partial charge in [0.1, 0.15) is 10.8 Å². The monoisotopic (exact) mass is 372 g/mol. The standard InChI is InChI=1S/C23H20N2OS/c1-25(2)19-11-7-17(8-12-19)4-3-16-5-9-18(10-6-16)23-24-21-14-13-20(26)15-22(21)27-23/h3-15,26H,1-2H3/b4-3+. The van der Waals surface area contributed by atoms with E-state index in [2.05, 4.69) is 70.6 Å². The molecule has 0 aliphatic rings. The Hall–Kier alpha value is -3.11.